The molecule has 1 saturated carbocycles. The predicted octanol–water partition coefficient (Wildman–Crippen LogP) is 1.58. The SMILES string of the molecule is O=C(O)C(O)C1(c2ccc(C(F)(F)F)nc2)CC1. The summed E-state index contributed by atoms with van der Waals surface area (Å²) in [5, 5.41) is 18.3. The Bertz CT molecular complexity index is 465. The molecule has 1 atom stereocenters. The van der Waals surface area contributed by atoms with Gasteiger partial charge in [-0.1, -0.05) is 6.07 Å². The van der Waals surface area contributed by atoms with Gasteiger partial charge in [0.25, 0.3) is 0 Å². The van der Waals surface area contributed by atoms with E-state index in [-0.39, 0.29) is 0 Å². The monoisotopic (exact) mass is 261 g/mol. The first-order valence-electron chi connectivity index (χ1n) is 5.22. The molecule has 0 saturated heterocycles. The molecular formula is C11H10F3NO3. The first-order valence-corrected chi connectivity index (χ1v) is 5.22. The zero-order valence-corrected chi connectivity index (χ0v) is 9.11. The van der Waals surface area contributed by atoms with Gasteiger partial charge in [-0.15, -0.1) is 0 Å². The first-order chi connectivity index (χ1) is 8.27. The third-order valence-corrected chi connectivity index (χ3v) is 3.17. The van der Waals surface area contributed by atoms with E-state index in [1.54, 1.807) is 0 Å². The predicted molar refractivity (Wildman–Crippen MR) is 53.8 cm³/mol. The second-order valence-electron chi connectivity index (χ2n) is 4.33. The summed E-state index contributed by atoms with van der Waals surface area (Å²) in [5.74, 6) is -1.38. The fourth-order valence-corrected chi connectivity index (χ4v) is 1.95. The average Bonchev–Trinajstić information content (AvgIpc) is 3.08. The molecule has 0 amide bonds. The number of carboxylic acids is 1. The Balaban J connectivity index is 2.28. The van der Waals surface area contributed by atoms with Crippen LogP contribution in [-0.2, 0) is 16.4 Å². The van der Waals surface area contributed by atoms with Crippen LogP contribution in [0.15, 0.2) is 18.3 Å². The summed E-state index contributed by atoms with van der Waals surface area (Å²) < 4.78 is 36.9. The van der Waals surface area contributed by atoms with Crippen molar-refractivity contribution >= 4 is 5.97 Å². The maximum atomic E-state index is 12.3. The number of aliphatic carboxylic acids is 1. The number of alkyl halides is 3. The lowest BCUT2D eigenvalue weighted by Gasteiger charge is -2.19. The number of hydrogen-bond donors (Lipinski definition) is 2. The molecule has 0 radical (unpaired) electrons. The largest absolute Gasteiger partial charge is 0.479 e. The normalized spacial score (nSPS) is 19.3. The standard InChI is InChI=1S/C11H10F3NO3/c12-11(13,14)7-2-1-6(5-15-7)10(3-4-10)8(16)9(17)18/h1-2,5,8,16H,3-4H2,(H,17,18). The first kappa shape index (κ1) is 12.8. The Morgan fingerprint density at radius 3 is 2.33 bits per heavy atom. The van der Waals surface area contributed by atoms with Crippen molar-refractivity contribution in [2.45, 2.75) is 30.5 Å². The van der Waals surface area contributed by atoms with Crippen molar-refractivity contribution in [3.05, 3.63) is 29.6 Å². The number of halogens is 3. The van der Waals surface area contributed by atoms with Gasteiger partial charge in [0.1, 0.15) is 5.69 Å². The van der Waals surface area contributed by atoms with Gasteiger partial charge in [0, 0.05) is 11.6 Å². The van der Waals surface area contributed by atoms with E-state index in [0.717, 1.165) is 12.3 Å². The lowest BCUT2D eigenvalue weighted by molar-refractivity contribution is -0.148. The molecule has 1 unspecified atom stereocenters. The van der Waals surface area contributed by atoms with Crippen LogP contribution in [-0.4, -0.2) is 27.3 Å². The van der Waals surface area contributed by atoms with Crippen molar-refractivity contribution in [3.63, 3.8) is 0 Å². The lowest BCUT2D eigenvalue weighted by atomic mass is 9.91. The molecule has 1 aromatic rings. The Morgan fingerprint density at radius 2 is 2.00 bits per heavy atom. The molecular weight excluding hydrogens is 251 g/mol. The van der Waals surface area contributed by atoms with Crippen LogP contribution in [0.1, 0.15) is 24.1 Å². The van der Waals surface area contributed by atoms with Crippen molar-refractivity contribution in [1.82, 2.24) is 4.98 Å². The highest BCUT2D eigenvalue weighted by Crippen LogP contribution is 2.51. The Labute approximate surface area is 100 Å². The second kappa shape index (κ2) is 3.94. The minimum atomic E-state index is -4.53. The third-order valence-electron chi connectivity index (χ3n) is 3.17. The van der Waals surface area contributed by atoms with Crippen LogP contribution in [0.25, 0.3) is 0 Å². The van der Waals surface area contributed by atoms with E-state index >= 15 is 0 Å². The fourth-order valence-electron chi connectivity index (χ4n) is 1.95. The number of pyridine rings is 1. The molecule has 0 aromatic carbocycles. The summed E-state index contributed by atoms with van der Waals surface area (Å²) in [4.78, 5) is 14.0. The van der Waals surface area contributed by atoms with E-state index in [1.165, 1.54) is 6.07 Å². The van der Waals surface area contributed by atoms with E-state index in [9.17, 15) is 23.1 Å². The van der Waals surface area contributed by atoms with Crippen LogP contribution < -0.4 is 0 Å². The molecule has 1 fully saturated rings. The Morgan fingerprint density at radius 1 is 1.39 bits per heavy atom. The van der Waals surface area contributed by atoms with Crippen molar-refractivity contribution in [2.75, 3.05) is 0 Å². The highest BCUT2D eigenvalue weighted by atomic mass is 19.4. The van der Waals surface area contributed by atoms with Gasteiger partial charge in [0.2, 0.25) is 0 Å². The number of carbonyl (C=O) groups is 1. The van der Waals surface area contributed by atoms with Gasteiger partial charge in [0.15, 0.2) is 6.10 Å². The Kier molecular flexibility index (Phi) is 2.81. The van der Waals surface area contributed by atoms with Gasteiger partial charge < -0.3 is 10.2 Å². The summed E-state index contributed by atoms with van der Waals surface area (Å²) >= 11 is 0. The van der Waals surface area contributed by atoms with Crippen LogP contribution in [0.5, 0.6) is 0 Å². The number of hydrogen-bond acceptors (Lipinski definition) is 3. The second-order valence-corrected chi connectivity index (χ2v) is 4.33. The zero-order valence-electron chi connectivity index (χ0n) is 9.11. The van der Waals surface area contributed by atoms with Gasteiger partial charge in [-0.2, -0.15) is 13.2 Å². The molecule has 1 aliphatic carbocycles. The van der Waals surface area contributed by atoms with Crippen molar-refractivity contribution < 1.29 is 28.2 Å². The van der Waals surface area contributed by atoms with Crippen LogP contribution >= 0.6 is 0 Å². The van der Waals surface area contributed by atoms with Crippen molar-refractivity contribution in [2.24, 2.45) is 0 Å². The number of aromatic nitrogens is 1. The molecule has 0 spiro atoms. The maximum Gasteiger partial charge on any atom is 0.433 e. The summed E-state index contributed by atoms with van der Waals surface area (Å²) in [7, 11) is 0. The number of carboxylic acid groups (broad SMARTS) is 1. The number of nitrogens with zero attached hydrogens (tertiary/aromatic N) is 1. The van der Waals surface area contributed by atoms with Gasteiger partial charge in [0.05, 0.1) is 0 Å². The Hall–Kier alpha value is -1.63. The summed E-state index contributed by atoms with van der Waals surface area (Å²) in [6.07, 6.45) is -4.31. The topological polar surface area (TPSA) is 70.4 Å². The quantitative estimate of drug-likeness (QED) is 0.866. The minimum Gasteiger partial charge on any atom is -0.479 e. The maximum absolute atomic E-state index is 12.3. The van der Waals surface area contributed by atoms with Crippen molar-refractivity contribution in [3.8, 4) is 0 Å². The molecule has 0 aliphatic heterocycles. The van der Waals surface area contributed by atoms with Gasteiger partial charge in [-0.05, 0) is 24.5 Å². The van der Waals surface area contributed by atoms with Crippen LogP contribution in [0.3, 0.4) is 0 Å². The highest BCUT2D eigenvalue weighted by molar-refractivity contribution is 5.75. The molecule has 4 nitrogen and oxygen atoms in total. The van der Waals surface area contributed by atoms with Crippen molar-refractivity contribution in [1.29, 1.82) is 0 Å². The summed E-state index contributed by atoms with van der Waals surface area (Å²) in [5.41, 5.74) is -1.69. The van der Waals surface area contributed by atoms with Gasteiger partial charge >= 0.3 is 12.1 Å². The van der Waals surface area contributed by atoms with E-state index < -0.39 is 29.4 Å². The smallest absolute Gasteiger partial charge is 0.433 e. The molecule has 1 heterocycles. The van der Waals surface area contributed by atoms with Gasteiger partial charge in [-0.3, -0.25) is 4.98 Å². The molecule has 1 aliphatic rings. The minimum absolute atomic E-state index is 0.324. The summed E-state index contributed by atoms with van der Waals surface area (Å²) in [6.45, 7) is 0. The molecule has 1 aromatic heterocycles. The van der Waals surface area contributed by atoms with E-state index in [2.05, 4.69) is 4.98 Å². The van der Waals surface area contributed by atoms with Crippen LogP contribution in [0, 0.1) is 0 Å². The molecule has 0 bridgehead atoms. The molecule has 2 N–H and O–H groups in total. The average molecular weight is 261 g/mol. The molecule has 18 heavy (non-hydrogen) atoms. The van der Waals surface area contributed by atoms with E-state index in [1.807, 2.05) is 0 Å². The lowest BCUT2D eigenvalue weighted by Crippen LogP contribution is -2.34. The van der Waals surface area contributed by atoms with Crippen LogP contribution in [0.2, 0.25) is 0 Å². The number of rotatable bonds is 3. The fraction of sp³-hybridized carbons (Fsp3) is 0.455. The number of aliphatic hydroxyl groups excluding tert-OH is 1. The zero-order chi connectivity index (χ0) is 13.6. The highest BCUT2D eigenvalue weighted by Gasteiger charge is 2.53. The summed E-state index contributed by atoms with van der Waals surface area (Å²) in [6, 6.07) is 1.97. The molecule has 2 rings (SSSR count). The van der Waals surface area contributed by atoms with Gasteiger partial charge in [-0.25, -0.2) is 4.79 Å². The number of aliphatic hydroxyl groups is 1. The van der Waals surface area contributed by atoms with Crippen LogP contribution in [0.4, 0.5) is 13.2 Å². The third kappa shape index (κ3) is 2.05. The molecule has 98 valence electrons. The van der Waals surface area contributed by atoms with E-state index in [0.29, 0.717) is 18.4 Å². The van der Waals surface area contributed by atoms with E-state index in [4.69, 9.17) is 5.11 Å². The molecule has 7 heteroatoms.